The summed E-state index contributed by atoms with van der Waals surface area (Å²) in [6, 6.07) is 10.9. The summed E-state index contributed by atoms with van der Waals surface area (Å²) in [4.78, 5) is 15.3. The number of hydrogen-bond acceptors (Lipinski definition) is 4. The molecule has 3 fully saturated rings. The molecule has 5 nitrogen and oxygen atoms in total. The fourth-order valence-electron chi connectivity index (χ4n) is 5.22. The molecule has 2 aromatic rings. The topological polar surface area (TPSA) is 50.8 Å². The summed E-state index contributed by atoms with van der Waals surface area (Å²) < 4.78 is 26.0. The van der Waals surface area contributed by atoms with Gasteiger partial charge in [0.25, 0.3) is 0 Å². The van der Waals surface area contributed by atoms with Gasteiger partial charge in [-0.3, -0.25) is 4.90 Å². The molecule has 2 aromatic carbocycles. The van der Waals surface area contributed by atoms with Gasteiger partial charge in [-0.2, -0.15) is 0 Å². The number of ether oxygens (including phenoxy) is 2. The molecule has 0 saturated carbocycles. The molecule has 0 aliphatic carbocycles. The van der Waals surface area contributed by atoms with Crippen molar-refractivity contribution in [1.29, 1.82) is 0 Å². The van der Waals surface area contributed by atoms with Gasteiger partial charge in [0, 0.05) is 17.5 Å². The van der Waals surface area contributed by atoms with E-state index in [2.05, 4.69) is 24.1 Å². The van der Waals surface area contributed by atoms with E-state index in [1.807, 2.05) is 24.3 Å². The van der Waals surface area contributed by atoms with Crippen LogP contribution in [0, 0.1) is 24.1 Å². The molecule has 1 N–H and O–H groups in total. The molecular weight excluding hydrogens is 407 g/mol. The Hall–Kier alpha value is -2.60. The predicted octanol–water partition coefficient (Wildman–Crippen LogP) is 5.08. The van der Waals surface area contributed by atoms with E-state index in [-0.39, 0.29) is 29.5 Å². The molecule has 3 saturated heterocycles. The van der Waals surface area contributed by atoms with E-state index in [1.54, 1.807) is 19.1 Å². The number of rotatable bonds is 3. The third kappa shape index (κ3) is 3.96. The molecule has 4 aliphatic rings. The molecule has 32 heavy (non-hydrogen) atoms. The van der Waals surface area contributed by atoms with Crippen LogP contribution < -0.4 is 10.1 Å². The van der Waals surface area contributed by atoms with Crippen LogP contribution in [0.25, 0.3) is 11.1 Å². The van der Waals surface area contributed by atoms with Crippen molar-refractivity contribution in [3.05, 3.63) is 53.3 Å². The first kappa shape index (κ1) is 21.3. The van der Waals surface area contributed by atoms with Gasteiger partial charge in [0.2, 0.25) is 0 Å². The van der Waals surface area contributed by atoms with Gasteiger partial charge >= 0.3 is 6.09 Å². The number of nitrogens with zero attached hydrogens (tertiary/aromatic N) is 1. The van der Waals surface area contributed by atoms with Crippen LogP contribution in [-0.2, 0) is 4.74 Å². The lowest BCUT2D eigenvalue weighted by Crippen LogP contribution is -2.53. The second kappa shape index (κ2) is 8.07. The number of benzene rings is 2. The molecule has 1 amide bonds. The van der Waals surface area contributed by atoms with Gasteiger partial charge in [-0.05, 0) is 67.6 Å². The first-order valence-electron chi connectivity index (χ1n) is 11.5. The maximum Gasteiger partial charge on any atom is 0.407 e. The smallest absolute Gasteiger partial charge is 0.407 e. The summed E-state index contributed by atoms with van der Waals surface area (Å²) in [7, 11) is 0. The molecule has 1 unspecified atom stereocenters. The van der Waals surface area contributed by atoms with E-state index >= 15 is 0 Å². The number of hydrogen-bond donors (Lipinski definition) is 1. The number of alkyl carbamates (subject to hydrolysis) is 1. The number of aryl methyl sites for hydroxylation is 1. The number of halogens is 1. The summed E-state index contributed by atoms with van der Waals surface area (Å²) >= 11 is 0. The van der Waals surface area contributed by atoms with Crippen LogP contribution in [0.15, 0.2) is 36.4 Å². The van der Waals surface area contributed by atoms with E-state index in [0.29, 0.717) is 18.1 Å². The molecule has 6 heteroatoms. The van der Waals surface area contributed by atoms with E-state index in [0.717, 1.165) is 54.9 Å². The Labute approximate surface area is 188 Å². The average Bonchev–Trinajstić information content (AvgIpc) is 2.78. The molecule has 4 aliphatic heterocycles. The van der Waals surface area contributed by atoms with Gasteiger partial charge in [-0.15, -0.1) is 0 Å². The van der Waals surface area contributed by atoms with E-state index < -0.39 is 0 Å². The predicted molar refractivity (Wildman–Crippen MR) is 121 cm³/mol. The lowest BCUT2D eigenvalue weighted by atomic mass is 9.78. The highest BCUT2D eigenvalue weighted by Gasteiger charge is 2.41. The van der Waals surface area contributed by atoms with Crippen molar-refractivity contribution in [2.45, 2.75) is 45.8 Å². The van der Waals surface area contributed by atoms with Crippen LogP contribution in [0.3, 0.4) is 0 Å². The summed E-state index contributed by atoms with van der Waals surface area (Å²) in [5.41, 5.74) is 2.93. The van der Waals surface area contributed by atoms with Gasteiger partial charge in [0.1, 0.15) is 17.7 Å². The van der Waals surface area contributed by atoms with Crippen molar-refractivity contribution in [2.24, 2.45) is 11.3 Å². The van der Waals surface area contributed by atoms with Crippen molar-refractivity contribution in [2.75, 3.05) is 26.2 Å². The van der Waals surface area contributed by atoms with Crippen LogP contribution in [0.1, 0.15) is 43.9 Å². The van der Waals surface area contributed by atoms with Gasteiger partial charge in [-0.25, -0.2) is 9.18 Å². The van der Waals surface area contributed by atoms with Crippen molar-refractivity contribution in [3.63, 3.8) is 0 Å². The highest BCUT2D eigenvalue weighted by Crippen LogP contribution is 2.44. The average molecular weight is 439 g/mol. The molecule has 170 valence electrons. The number of nitrogens with one attached hydrogen (secondary N) is 1. The fraction of sp³-hybridized carbons (Fsp3) is 0.500. The second-order valence-electron chi connectivity index (χ2n) is 10.2. The zero-order chi connectivity index (χ0) is 22.5. The third-order valence-electron chi connectivity index (χ3n) is 7.33. The van der Waals surface area contributed by atoms with Gasteiger partial charge < -0.3 is 14.8 Å². The summed E-state index contributed by atoms with van der Waals surface area (Å²) in [5, 5.41) is 3.13. The minimum atomic E-state index is -0.362. The lowest BCUT2D eigenvalue weighted by Gasteiger charge is -2.44. The first-order valence-corrected chi connectivity index (χ1v) is 11.5. The molecule has 0 aromatic heterocycles. The maximum atomic E-state index is 14.1. The minimum absolute atomic E-state index is 0.0290. The van der Waals surface area contributed by atoms with Crippen LogP contribution >= 0.6 is 0 Å². The Bertz CT molecular complexity index is 1030. The Morgan fingerprint density at radius 2 is 1.88 bits per heavy atom. The largest absolute Gasteiger partial charge is 0.493 e. The van der Waals surface area contributed by atoms with Crippen molar-refractivity contribution in [1.82, 2.24) is 10.2 Å². The van der Waals surface area contributed by atoms with E-state index in [4.69, 9.17) is 9.47 Å². The number of piperidine rings is 3. The van der Waals surface area contributed by atoms with Crippen molar-refractivity contribution in [3.8, 4) is 16.9 Å². The lowest BCUT2D eigenvalue weighted by molar-refractivity contribution is -0.0361. The highest BCUT2D eigenvalue weighted by atomic mass is 19.1. The molecule has 0 radical (unpaired) electrons. The Balaban J connectivity index is 1.36. The minimum Gasteiger partial charge on any atom is -0.493 e. The number of carbonyl (C=O) groups excluding carboxylic acids is 1. The Kier molecular flexibility index (Phi) is 5.36. The number of carbonyl (C=O) groups is 1. The van der Waals surface area contributed by atoms with Gasteiger partial charge in [0.15, 0.2) is 0 Å². The summed E-state index contributed by atoms with van der Waals surface area (Å²) in [6.07, 6.45) is 1.82. The molecular formula is C26H31FN2O3. The molecule has 6 rings (SSSR count). The van der Waals surface area contributed by atoms with Gasteiger partial charge in [-0.1, -0.05) is 38.1 Å². The fourth-order valence-corrected chi connectivity index (χ4v) is 5.22. The normalized spacial score (nSPS) is 27.9. The monoisotopic (exact) mass is 438 g/mol. The summed E-state index contributed by atoms with van der Waals surface area (Å²) in [6.45, 7) is 9.44. The van der Waals surface area contributed by atoms with Crippen LogP contribution in [0.2, 0.25) is 0 Å². The number of amides is 1. The molecule has 2 atom stereocenters. The molecule has 2 bridgehead atoms. The third-order valence-corrected chi connectivity index (χ3v) is 7.33. The number of fused-ring (bicyclic) bond motifs is 4. The van der Waals surface area contributed by atoms with Crippen molar-refractivity contribution < 1.29 is 18.7 Å². The zero-order valence-corrected chi connectivity index (χ0v) is 19.0. The Morgan fingerprint density at radius 1 is 1.16 bits per heavy atom. The van der Waals surface area contributed by atoms with E-state index in [1.165, 1.54) is 0 Å². The Morgan fingerprint density at radius 3 is 2.56 bits per heavy atom. The quantitative estimate of drug-likeness (QED) is 0.726. The first-order chi connectivity index (χ1) is 15.3. The van der Waals surface area contributed by atoms with E-state index in [9.17, 15) is 9.18 Å². The van der Waals surface area contributed by atoms with Crippen LogP contribution in [0.4, 0.5) is 9.18 Å². The van der Waals surface area contributed by atoms with Crippen molar-refractivity contribution >= 4 is 6.09 Å². The SMILES string of the molecule is Cc1ccc(-c2ccc3c(c2)OCC(C)(C)C3NC(=O)O[C@@H]2CN3CCC2CC3)cc1F. The van der Waals surface area contributed by atoms with Crippen LogP contribution in [0.5, 0.6) is 5.75 Å². The standard InChI is InChI=1S/C26H31FN2O3/c1-16-4-5-18(12-21(16)27)19-6-7-20-22(13-19)31-15-26(2,3)24(20)28-25(30)32-23-14-29-10-8-17(23)9-11-29/h4-7,12-13,17,23-24H,8-11,14-15H2,1-3H3,(H,28,30)/t23-,24?/m1/s1. The maximum absolute atomic E-state index is 14.1. The highest BCUT2D eigenvalue weighted by molar-refractivity contribution is 5.70. The second-order valence-corrected chi connectivity index (χ2v) is 10.2. The molecule has 4 heterocycles. The van der Waals surface area contributed by atoms with Gasteiger partial charge in [0.05, 0.1) is 12.6 Å². The summed E-state index contributed by atoms with van der Waals surface area (Å²) in [5.74, 6) is 0.964. The zero-order valence-electron chi connectivity index (χ0n) is 19.0. The van der Waals surface area contributed by atoms with Crippen LogP contribution in [-0.4, -0.2) is 43.3 Å². The molecule has 0 spiro atoms.